The lowest BCUT2D eigenvalue weighted by Crippen LogP contribution is -2.32. The Balaban J connectivity index is 2.12. The third kappa shape index (κ3) is 4.87. The number of amides is 1. The molecule has 0 aliphatic heterocycles. The molecule has 0 bridgehead atoms. The second-order valence-corrected chi connectivity index (χ2v) is 8.05. The monoisotopic (exact) mass is 353 g/mol. The lowest BCUT2D eigenvalue weighted by Gasteiger charge is -2.21. The molecule has 0 spiro atoms. The second kappa shape index (κ2) is 7.94. The Kier molecular flexibility index (Phi) is 6.12. The van der Waals surface area contributed by atoms with Gasteiger partial charge in [0.05, 0.1) is 0 Å². The Morgan fingerprint density at radius 2 is 1.58 bits per heavy atom. The Morgan fingerprint density at radius 1 is 1.04 bits per heavy atom. The molecule has 1 N–H and O–H groups in total. The van der Waals surface area contributed by atoms with Crippen molar-refractivity contribution in [2.24, 2.45) is 0 Å². The number of benzene rings is 2. The number of rotatable bonds is 5. The van der Waals surface area contributed by atoms with Gasteiger partial charge >= 0.3 is 0 Å². The van der Waals surface area contributed by atoms with Gasteiger partial charge in [0.2, 0.25) is 0 Å². The van der Waals surface area contributed by atoms with Gasteiger partial charge in [-0.2, -0.15) is 0 Å². The highest BCUT2D eigenvalue weighted by Crippen LogP contribution is 2.26. The van der Waals surface area contributed by atoms with E-state index in [0.29, 0.717) is 6.42 Å². The molecule has 2 aromatic rings. The van der Waals surface area contributed by atoms with Gasteiger partial charge in [-0.1, -0.05) is 57.5 Å². The van der Waals surface area contributed by atoms with Gasteiger partial charge in [-0.3, -0.25) is 4.79 Å². The molecular formula is C23H31NO2. The molecule has 0 aliphatic carbocycles. The van der Waals surface area contributed by atoms with E-state index in [-0.39, 0.29) is 11.3 Å². The summed E-state index contributed by atoms with van der Waals surface area (Å²) in [6.45, 7) is 14.6. The predicted octanol–water partition coefficient (Wildman–Crippen LogP) is 5.71. The molecule has 1 atom stereocenters. The van der Waals surface area contributed by atoms with Gasteiger partial charge in [-0.15, -0.1) is 0 Å². The van der Waals surface area contributed by atoms with Gasteiger partial charge in [-0.05, 0) is 61.4 Å². The minimum absolute atomic E-state index is 0.0978. The van der Waals surface area contributed by atoms with E-state index in [0.717, 1.165) is 22.6 Å². The van der Waals surface area contributed by atoms with E-state index in [1.54, 1.807) is 0 Å². The molecule has 140 valence electrons. The van der Waals surface area contributed by atoms with Gasteiger partial charge in [0.15, 0.2) is 6.10 Å². The van der Waals surface area contributed by atoms with Gasteiger partial charge < -0.3 is 10.1 Å². The first-order valence-corrected chi connectivity index (χ1v) is 9.27. The Hall–Kier alpha value is -2.29. The van der Waals surface area contributed by atoms with Crippen molar-refractivity contribution in [3.8, 4) is 5.75 Å². The van der Waals surface area contributed by atoms with Crippen molar-refractivity contribution in [1.82, 2.24) is 0 Å². The third-order valence-corrected chi connectivity index (χ3v) is 4.59. The fraction of sp³-hybridized carbons (Fsp3) is 0.435. The average molecular weight is 354 g/mol. The van der Waals surface area contributed by atoms with Crippen molar-refractivity contribution in [2.75, 3.05) is 5.32 Å². The summed E-state index contributed by atoms with van der Waals surface area (Å²) in [6.07, 6.45) is 0.0900. The summed E-state index contributed by atoms with van der Waals surface area (Å²) in [6, 6.07) is 12.2. The molecule has 2 aromatic carbocycles. The minimum atomic E-state index is -0.518. The average Bonchev–Trinajstić information content (AvgIpc) is 2.55. The Labute approximate surface area is 157 Å². The molecule has 0 saturated heterocycles. The third-order valence-electron chi connectivity index (χ3n) is 4.59. The van der Waals surface area contributed by atoms with Crippen LogP contribution in [0.4, 0.5) is 5.69 Å². The lowest BCUT2D eigenvalue weighted by molar-refractivity contribution is -0.122. The molecule has 0 radical (unpaired) electrons. The number of nitrogens with one attached hydrogen (secondary N) is 1. The van der Waals surface area contributed by atoms with Crippen LogP contribution in [0.15, 0.2) is 36.4 Å². The summed E-state index contributed by atoms with van der Waals surface area (Å²) in [4.78, 5) is 12.7. The molecule has 26 heavy (non-hydrogen) atoms. The minimum Gasteiger partial charge on any atom is -0.481 e. The van der Waals surface area contributed by atoms with Crippen LogP contribution in [0.1, 0.15) is 56.4 Å². The van der Waals surface area contributed by atoms with Crippen LogP contribution in [0.2, 0.25) is 0 Å². The molecule has 0 saturated carbocycles. The van der Waals surface area contributed by atoms with Crippen LogP contribution < -0.4 is 10.1 Å². The first kappa shape index (κ1) is 20.0. The van der Waals surface area contributed by atoms with Gasteiger partial charge in [0.25, 0.3) is 5.91 Å². The fourth-order valence-electron chi connectivity index (χ4n) is 3.10. The van der Waals surface area contributed by atoms with E-state index in [9.17, 15) is 4.79 Å². The predicted molar refractivity (Wildman–Crippen MR) is 109 cm³/mol. The number of carbonyl (C=O) groups excluding carboxylic acids is 1. The number of anilines is 1. The molecule has 0 fully saturated rings. The van der Waals surface area contributed by atoms with Crippen molar-refractivity contribution in [2.45, 2.75) is 66.4 Å². The Morgan fingerprint density at radius 3 is 2.04 bits per heavy atom. The van der Waals surface area contributed by atoms with E-state index in [1.807, 2.05) is 32.9 Å². The molecule has 0 aliphatic rings. The van der Waals surface area contributed by atoms with Gasteiger partial charge in [-0.25, -0.2) is 0 Å². The highest BCUT2D eigenvalue weighted by atomic mass is 16.5. The molecule has 2 rings (SSSR count). The summed E-state index contributed by atoms with van der Waals surface area (Å²) < 4.78 is 5.96. The van der Waals surface area contributed by atoms with Crippen molar-refractivity contribution in [1.29, 1.82) is 0 Å². The van der Waals surface area contributed by atoms with E-state index in [4.69, 9.17) is 4.74 Å². The van der Waals surface area contributed by atoms with Crippen LogP contribution >= 0.6 is 0 Å². The van der Waals surface area contributed by atoms with Crippen LogP contribution in [-0.2, 0) is 10.2 Å². The maximum atomic E-state index is 12.7. The molecule has 1 amide bonds. The van der Waals surface area contributed by atoms with Crippen molar-refractivity contribution in [3.05, 3.63) is 58.7 Å². The largest absolute Gasteiger partial charge is 0.481 e. The summed E-state index contributed by atoms with van der Waals surface area (Å²) >= 11 is 0. The smallest absolute Gasteiger partial charge is 0.265 e. The highest BCUT2D eigenvalue weighted by Gasteiger charge is 2.20. The summed E-state index contributed by atoms with van der Waals surface area (Å²) in [5, 5.41) is 3.05. The zero-order valence-corrected chi connectivity index (χ0v) is 17.1. The summed E-state index contributed by atoms with van der Waals surface area (Å²) in [5.41, 5.74) is 5.56. The summed E-state index contributed by atoms with van der Waals surface area (Å²) in [5.74, 6) is 0.611. The van der Waals surface area contributed by atoms with Gasteiger partial charge in [0, 0.05) is 5.69 Å². The number of hydrogen-bond acceptors (Lipinski definition) is 2. The number of hydrogen-bond donors (Lipinski definition) is 1. The van der Waals surface area contributed by atoms with Crippen LogP contribution in [0, 0.1) is 20.8 Å². The van der Waals surface area contributed by atoms with Crippen LogP contribution in [0.3, 0.4) is 0 Å². The lowest BCUT2D eigenvalue weighted by atomic mass is 9.87. The maximum absolute atomic E-state index is 12.7. The van der Waals surface area contributed by atoms with E-state index in [1.165, 1.54) is 11.1 Å². The second-order valence-electron chi connectivity index (χ2n) is 8.05. The normalized spacial score (nSPS) is 12.6. The molecule has 3 heteroatoms. The summed E-state index contributed by atoms with van der Waals surface area (Å²) in [7, 11) is 0. The molecule has 0 heterocycles. The van der Waals surface area contributed by atoms with Crippen molar-refractivity contribution < 1.29 is 9.53 Å². The number of aryl methyl sites for hydroxylation is 3. The molecule has 1 unspecified atom stereocenters. The number of carbonyl (C=O) groups is 1. The van der Waals surface area contributed by atoms with Gasteiger partial charge in [0.1, 0.15) is 5.75 Å². The zero-order chi connectivity index (χ0) is 19.5. The standard InChI is InChI=1S/C23H31NO2/c1-8-20(26-19-11-9-18(10-12-19)23(5,6)7)22(25)24-21-16(3)13-15(2)14-17(21)4/h9-14,20H,8H2,1-7H3,(H,24,25). The zero-order valence-electron chi connectivity index (χ0n) is 17.1. The molecule has 3 nitrogen and oxygen atoms in total. The maximum Gasteiger partial charge on any atom is 0.265 e. The van der Waals surface area contributed by atoms with Crippen LogP contribution in [0.5, 0.6) is 5.75 Å². The highest BCUT2D eigenvalue weighted by molar-refractivity contribution is 5.95. The SMILES string of the molecule is CCC(Oc1ccc(C(C)(C)C)cc1)C(=O)Nc1c(C)cc(C)cc1C. The first-order valence-electron chi connectivity index (χ1n) is 9.27. The quantitative estimate of drug-likeness (QED) is 0.748. The van der Waals surface area contributed by atoms with Crippen LogP contribution in [0.25, 0.3) is 0 Å². The fourth-order valence-corrected chi connectivity index (χ4v) is 3.10. The van der Waals surface area contributed by atoms with Crippen LogP contribution in [-0.4, -0.2) is 12.0 Å². The van der Waals surface area contributed by atoms with Crippen molar-refractivity contribution >= 4 is 11.6 Å². The van der Waals surface area contributed by atoms with Crippen molar-refractivity contribution in [3.63, 3.8) is 0 Å². The molecule has 0 aromatic heterocycles. The van der Waals surface area contributed by atoms with E-state index < -0.39 is 6.10 Å². The Bertz CT molecular complexity index is 747. The first-order chi connectivity index (χ1) is 12.1. The van der Waals surface area contributed by atoms with E-state index >= 15 is 0 Å². The number of ether oxygens (including phenoxy) is 1. The topological polar surface area (TPSA) is 38.3 Å². The van der Waals surface area contributed by atoms with E-state index in [2.05, 4.69) is 57.3 Å². The molecular weight excluding hydrogens is 322 g/mol.